The van der Waals surface area contributed by atoms with E-state index < -0.39 is 5.97 Å². The molecular weight excluding hydrogens is 370 g/mol. The van der Waals surface area contributed by atoms with Crippen LogP contribution in [-0.2, 0) is 28.8 Å². The molecule has 7 nitrogen and oxygen atoms in total. The van der Waals surface area contributed by atoms with Crippen LogP contribution in [0, 0.1) is 0 Å². The van der Waals surface area contributed by atoms with Crippen LogP contribution in [0.3, 0.4) is 0 Å². The van der Waals surface area contributed by atoms with Crippen molar-refractivity contribution in [3.05, 3.63) is 46.8 Å². The van der Waals surface area contributed by atoms with Crippen LogP contribution in [0.5, 0.6) is 0 Å². The molecule has 1 aromatic carbocycles. The number of ether oxygens (including phenoxy) is 1. The van der Waals surface area contributed by atoms with E-state index in [4.69, 9.17) is 9.84 Å². The number of aromatic nitrogens is 2. The van der Waals surface area contributed by atoms with E-state index in [1.807, 2.05) is 16.8 Å². The summed E-state index contributed by atoms with van der Waals surface area (Å²) in [4.78, 5) is 26.3. The molecule has 0 radical (unpaired) electrons. The van der Waals surface area contributed by atoms with Gasteiger partial charge in [0, 0.05) is 31.0 Å². The number of fused-ring (bicyclic) bond motifs is 1. The maximum atomic E-state index is 13.4. The van der Waals surface area contributed by atoms with E-state index in [0.29, 0.717) is 18.7 Å². The molecule has 1 amide bonds. The molecule has 154 valence electrons. The second kappa shape index (κ2) is 7.99. The predicted octanol–water partition coefficient (Wildman–Crippen LogP) is 2.63. The molecule has 1 aliphatic carbocycles. The maximum absolute atomic E-state index is 13.4. The van der Waals surface area contributed by atoms with Gasteiger partial charge >= 0.3 is 5.97 Å². The number of carboxylic acid groups (broad SMARTS) is 1. The molecule has 4 rings (SSSR count). The molecule has 2 atom stereocenters. The molecule has 1 aliphatic heterocycles. The number of carboxylic acids is 1. The van der Waals surface area contributed by atoms with Crippen LogP contribution in [-0.4, -0.2) is 57.5 Å². The van der Waals surface area contributed by atoms with Gasteiger partial charge in [-0.05, 0) is 49.8 Å². The molecular formula is C22H27N3O4. The molecule has 2 unspecified atom stereocenters. The van der Waals surface area contributed by atoms with Crippen LogP contribution in [0.15, 0.2) is 24.3 Å². The summed E-state index contributed by atoms with van der Waals surface area (Å²) in [5.41, 5.74) is 4.77. The van der Waals surface area contributed by atoms with Crippen molar-refractivity contribution in [2.45, 2.75) is 57.6 Å². The average Bonchev–Trinajstić information content (AvgIpc) is 3.42. The molecule has 1 N–H and O–H groups in total. The first-order chi connectivity index (χ1) is 14.0. The summed E-state index contributed by atoms with van der Waals surface area (Å²) < 4.78 is 7.31. The SMILES string of the molecule is CCc1ccc(-n2nc(C(=O)N3CC(OC)CC3CC(=O)O)c3c2CCC3)cc1. The zero-order chi connectivity index (χ0) is 20.5. The van der Waals surface area contributed by atoms with Crippen molar-refractivity contribution in [3.63, 3.8) is 0 Å². The van der Waals surface area contributed by atoms with Crippen LogP contribution < -0.4 is 0 Å². The van der Waals surface area contributed by atoms with Gasteiger partial charge in [0.2, 0.25) is 0 Å². The van der Waals surface area contributed by atoms with E-state index in [2.05, 4.69) is 19.1 Å². The third kappa shape index (κ3) is 3.67. The number of carbonyl (C=O) groups excluding carboxylic acids is 1. The summed E-state index contributed by atoms with van der Waals surface area (Å²) in [5.74, 6) is -1.09. The minimum Gasteiger partial charge on any atom is -0.481 e. The van der Waals surface area contributed by atoms with Crippen LogP contribution >= 0.6 is 0 Å². The number of aryl methyl sites for hydroxylation is 1. The summed E-state index contributed by atoms with van der Waals surface area (Å²) in [6.07, 6.45) is 4.02. The molecule has 2 aliphatic rings. The van der Waals surface area contributed by atoms with E-state index in [1.54, 1.807) is 12.0 Å². The van der Waals surface area contributed by atoms with E-state index in [9.17, 15) is 14.7 Å². The lowest BCUT2D eigenvalue weighted by molar-refractivity contribution is -0.138. The van der Waals surface area contributed by atoms with Crippen molar-refractivity contribution in [2.24, 2.45) is 0 Å². The predicted molar refractivity (Wildman–Crippen MR) is 107 cm³/mol. The number of methoxy groups -OCH3 is 1. The van der Waals surface area contributed by atoms with Crippen molar-refractivity contribution in [3.8, 4) is 5.69 Å². The highest BCUT2D eigenvalue weighted by atomic mass is 16.5. The van der Waals surface area contributed by atoms with Crippen LogP contribution in [0.2, 0.25) is 0 Å². The lowest BCUT2D eigenvalue weighted by Gasteiger charge is -2.22. The lowest BCUT2D eigenvalue weighted by Crippen LogP contribution is -2.38. The number of likely N-dealkylation sites (tertiary alicyclic amines) is 1. The smallest absolute Gasteiger partial charge is 0.305 e. The molecule has 1 aromatic heterocycles. The number of nitrogens with zero attached hydrogens (tertiary/aromatic N) is 3. The average molecular weight is 397 g/mol. The Morgan fingerprint density at radius 2 is 2.00 bits per heavy atom. The number of carbonyl (C=O) groups is 2. The third-order valence-electron chi connectivity index (χ3n) is 6.10. The quantitative estimate of drug-likeness (QED) is 0.810. The molecule has 1 saturated heterocycles. The zero-order valence-corrected chi connectivity index (χ0v) is 16.9. The first kappa shape index (κ1) is 19.6. The first-order valence-electron chi connectivity index (χ1n) is 10.3. The Labute approximate surface area is 170 Å². The number of hydrogen-bond acceptors (Lipinski definition) is 4. The van der Waals surface area contributed by atoms with Crippen LogP contribution in [0.4, 0.5) is 0 Å². The minimum absolute atomic E-state index is 0.0764. The largest absolute Gasteiger partial charge is 0.481 e. The monoisotopic (exact) mass is 397 g/mol. The van der Waals surface area contributed by atoms with Crippen LogP contribution in [0.1, 0.15) is 53.5 Å². The highest BCUT2D eigenvalue weighted by Crippen LogP contribution is 2.31. The Morgan fingerprint density at radius 3 is 2.66 bits per heavy atom. The van der Waals surface area contributed by atoms with Gasteiger partial charge in [0.1, 0.15) is 0 Å². The highest BCUT2D eigenvalue weighted by Gasteiger charge is 2.39. The maximum Gasteiger partial charge on any atom is 0.305 e. The Morgan fingerprint density at radius 1 is 1.24 bits per heavy atom. The second-order valence-corrected chi connectivity index (χ2v) is 7.86. The van der Waals surface area contributed by atoms with E-state index in [-0.39, 0.29) is 24.5 Å². The van der Waals surface area contributed by atoms with Gasteiger partial charge in [0.05, 0.1) is 18.2 Å². The van der Waals surface area contributed by atoms with Gasteiger partial charge in [0.15, 0.2) is 5.69 Å². The fraction of sp³-hybridized carbons (Fsp3) is 0.500. The standard InChI is InChI=1S/C22H27N3O4/c1-3-14-7-9-15(10-8-14)25-19-6-4-5-18(19)21(23-25)22(28)24-13-17(29-2)11-16(24)12-20(26)27/h7-10,16-17H,3-6,11-13H2,1-2H3,(H,26,27). The Kier molecular flexibility index (Phi) is 5.41. The Balaban J connectivity index is 1.67. The topological polar surface area (TPSA) is 84.7 Å². The van der Waals surface area contributed by atoms with E-state index in [1.165, 1.54) is 5.56 Å². The van der Waals surface area contributed by atoms with Gasteiger partial charge in [-0.1, -0.05) is 19.1 Å². The summed E-state index contributed by atoms with van der Waals surface area (Å²) >= 11 is 0. The normalized spacial score (nSPS) is 20.8. The van der Waals surface area contributed by atoms with Gasteiger partial charge in [-0.3, -0.25) is 9.59 Å². The molecule has 29 heavy (non-hydrogen) atoms. The molecule has 7 heteroatoms. The summed E-state index contributed by atoms with van der Waals surface area (Å²) in [5, 5.41) is 14.0. The molecule has 2 heterocycles. The summed E-state index contributed by atoms with van der Waals surface area (Å²) in [6, 6.07) is 7.90. The fourth-order valence-corrected chi connectivity index (χ4v) is 4.52. The molecule has 1 fully saturated rings. The van der Waals surface area contributed by atoms with Crippen molar-refractivity contribution in [1.82, 2.24) is 14.7 Å². The highest BCUT2D eigenvalue weighted by molar-refractivity contribution is 5.95. The Hall–Kier alpha value is -2.67. The van der Waals surface area contributed by atoms with E-state index in [0.717, 1.165) is 42.6 Å². The minimum atomic E-state index is -0.906. The fourth-order valence-electron chi connectivity index (χ4n) is 4.52. The number of benzene rings is 1. The number of hydrogen-bond donors (Lipinski definition) is 1. The van der Waals surface area contributed by atoms with Gasteiger partial charge in [-0.2, -0.15) is 5.10 Å². The summed E-state index contributed by atoms with van der Waals surface area (Å²) in [7, 11) is 1.60. The summed E-state index contributed by atoms with van der Waals surface area (Å²) in [6.45, 7) is 2.52. The van der Waals surface area contributed by atoms with Crippen molar-refractivity contribution in [1.29, 1.82) is 0 Å². The molecule has 0 spiro atoms. The van der Waals surface area contributed by atoms with Gasteiger partial charge in [-0.15, -0.1) is 0 Å². The molecule has 0 bridgehead atoms. The molecule has 0 saturated carbocycles. The first-order valence-corrected chi connectivity index (χ1v) is 10.3. The number of rotatable bonds is 6. The lowest BCUT2D eigenvalue weighted by atomic mass is 10.1. The van der Waals surface area contributed by atoms with Crippen molar-refractivity contribution in [2.75, 3.05) is 13.7 Å². The number of aliphatic carboxylic acids is 1. The molecule has 2 aromatic rings. The Bertz CT molecular complexity index is 919. The third-order valence-corrected chi connectivity index (χ3v) is 6.10. The number of amides is 1. The van der Waals surface area contributed by atoms with Gasteiger partial charge in [-0.25, -0.2) is 4.68 Å². The van der Waals surface area contributed by atoms with E-state index >= 15 is 0 Å². The van der Waals surface area contributed by atoms with Gasteiger partial charge < -0.3 is 14.7 Å². The van der Waals surface area contributed by atoms with Crippen molar-refractivity contribution >= 4 is 11.9 Å². The van der Waals surface area contributed by atoms with Crippen molar-refractivity contribution < 1.29 is 19.4 Å². The zero-order valence-electron chi connectivity index (χ0n) is 16.9. The second-order valence-electron chi connectivity index (χ2n) is 7.86. The van der Waals surface area contributed by atoms with Crippen LogP contribution in [0.25, 0.3) is 5.69 Å². The van der Waals surface area contributed by atoms with Gasteiger partial charge in [0.25, 0.3) is 5.91 Å².